The Balaban J connectivity index is 3.16. The molecule has 0 saturated heterocycles. The minimum absolute atomic E-state index is 0.119. The standard InChI is InChI=1S/C8H15IO/c1-2-3-5-8(10)6-4-7-9/h4,7-8,10H,2-3,5-6H2,1H3. The van der Waals surface area contributed by atoms with Gasteiger partial charge < -0.3 is 5.11 Å². The van der Waals surface area contributed by atoms with Crippen LogP contribution in [0.1, 0.15) is 32.6 Å². The maximum Gasteiger partial charge on any atom is 0.0574 e. The Morgan fingerprint density at radius 1 is 1.60 bits per heavy atom. The minimum Gasteiger partial charge on any atom is -0.393 e. The number of aliphatic hydroxyl groups excluding tert-OH is 1. The number of hydrogen-bond donors (Lipinski definition) is 1. The van der Waals surface area contributed by atoms with Gasteiger partial charge in [-0.1, -0.05) is 48.4 Å². The van der Waals surface area contributed by atoms with E-state index in [1.807, 2.05) is 10.2 Å². The molecule has 1 nitrogen and oxygen atoms in total. The highest BCUT2D eigenvalue weighted by Crippen LogP contribution is 2.05. The summed E-state index contributed by atoms with van der Waals surface area (Å²) in [6, 6.07) is 0. The van der Waals surface area contributed by atoms with E-state index in [9.17, 15) is 5.11 Å². The van der Waals surface area contributed by atoms with Crippen molar-refractivity contribution >= 4 is 22.6 Å². The third-order valence-electron chi connectivity index (χ3n) is 1.39. The zero-order chi connectivity index (χ0) is 7.82. The summed E-state index contributed by atoms with van der Waals surface area (Å²) in [6.07, 6.45) is 5.94. The predicted molar refractivity (Wildman–Crippen MR) is 53.3 cm³/mol. The second-order valence-electron chi connectivity index (χ2n) is 2.39. The Labute approximate surface area is 76.7 Å². The summed E-state index contributed by atoms with van der Waals surface area (Å²) in [5, 5.41) is 9.26. The molecule has 1 N–H and O–H groups in total. The van der Waals surface area contributed by atoms with E-state index in [0.29, 0.717) is 0 Å². The first kappa shape index (κ1) is 10.4. The first-order valence-electron chi connectivity index (χ1n) is 3.74. The molecule has 0 aromatic heterocycles. The Morgan fingerprint density at radius 2 is 2.30 bits per heavy atom. The van der Waals surface area contributed by atoms with Gasteiger partial charge in [0.1, 0.15) is 0 Å². The Kier molecular flexibility index (Phi) is 7.86. The Bertz CT molecular complexity index is 91.3. The molecule has 0 rings (SSSR count). The van der Waals surface area contributed by atoms with Crippen LogP contribution >= 0.6 is 22.6 Å². The van der Waals surface area contributed by atoms with E-state index in [0.717, 1.165) is 19.3 Å². The molecular formula is C8H15IO. The molecule has 2 heteroatoms. The fraction of sp³-hybridized carbons (Fsp3) is 0.750. The maximum absolute atomic E-state index is 9.26. The van der Waals surface area contributed by atoms with Crippen molar-refractivity contribution in [3.05, 3.63) is 10.2 Å². The van der Waals surface area contributed by atoms with E-state index in [1.165, 1.54) is 6.42 Å². The predicted octanol–water partition coefficient (Wildman–Crippen LogP) is 2.88. The summed E-state index contributed by atoms with van der Waals surface area (Å²) in [7, 11) is 0. The van der Waals surface area contributed by atoms with Crippen LogP contribution in [0.3, 0.4) is 0 Å². The summed E-state index contributed by atoms with van der Waals surface area (Å²) in [4.78, 5) is 0. The molecular weight excluding hydrogens is 239 g/mol. The molecule has 0 aliphatic rings. The van der Waals surface area contributed by atoms with E-state index in [1.54, 1.807) is 0 Å². The molecule has 0 bridgehead atoms. The third-order valence-corrected chi connectivity index (χ3v) is 1.90. The molecule has 0 amide bonds. The fourth-order valence-corrected chi connectivity index (χ4v) is 1.06. The van der Waals surface area contributed by atoms with Gasteiger partial charge in [-0.25, -0.2) is 0 Å². The summed E-state index contributed by atoms with van der Waals surface area (Å²) < 4.78 is 1.95. The highest BCUT2D eigenvalue weighted by Gasteiger charge is 1.98. The van der Waals surface area contributed by atoms with Crippen LogP contribution in [0.5, 0.6) is 0 Å². The van der Waals surface area contributed by atoms with E-state index in [-0.39, 0.29) is 6.10 Å². The third kappa shape index (κ3) is 6.55. The van der Waals surface area contributed by atoms with Crippen molar-refractivity contribution in [2.75, 3.05) is 0 Å². The zero-order valence-electron chi connectivity index (χ0n) is 6.39. The number of halogens is 1. The van der Waals surface area contributed by atoms with Crippen LogP contribution in [0.25, 0.3) is 0 Å². The molecule has 0 saturated carbocycles. The molecule has 0 spiro atoms. The second-order valence-corrected chi connectivity index (χ2v) is 3.11. The van der Waals surface area contributed by atoms with Crippen LogP contribution < -0.4 is 0 Å². The number of hydrogen-bond acceptors (Lipinski definition) is 1. The average Bonchev–Trinajstić information content (AvgIpc) is 1.97. The zero-order valence-corrected chi connectivity index (χ0v) is 8.54. The van der Waals surface area contributed by atoms with Gasteiger partial charge in [0.05, 0.1) is 6.10 Å². The van der Waals surface area contributed by atoms with E-state index in [2.05, 4.69) is 29.5 Å². The summed E-state index contributed by atoms with van der Waals surface area (Å²) in [6.45, 7) is 2.14. The number of aliphatic hydroxyl groups is 1. The number of rotatable bonds is 5. The van der Waals surface area contributed by atoms with Gasteiger partial charge in [0.2, 0.25) is 0 Å². The normalized spacial score (nSPS) is 14.3. The highest BCUT2D eigenvalue weighted by molar-refractivity contribution is 14.1. The van der Waals surface area contributed by atoms with E-state index < -0.39 is 0 Å². The molecule has 0 aliphatic heterocycles. The van der Waals surface area contributed by atoms with Crippen molar-refractivity contribution in [1.82, 2.24) is 0 Å². The smallest absolute Gasteiger partial charge is 0.0574 e. The van der Waals surface area contributed by atoms with Gasteiger partial charge in [0, 0.05) is 0 Å². The van der Waals surface area contributed by atoms with Gasteiger partial charge in [-0.15, -0.1) is 0 Å². The largest absolute Gasteiger partial charge is 0.393 e. The van der Waals surface area contributed by atoms with Crippen molar-refractivity contribution in [3.63, 3.8) is 0 Å². The van der Waals surface area contributed by atoms with Crippen molar-refractivity contribution in [2.24, 2.45) is 0 Å². The lowest BCUT2D eigenvalue weighted by molar-refractivity contribution is 0.164. The van der Waals surface area contributed by atoms with Gasteiger partial charge >= 0.3 is 0 Å². The molecule has 1 atom stereocenters. The van der Waals surface area contributed by atoms with Crippen LogP contribution in [0.15, 0.2) is 10.2 Å². The molecule has 0 aromatic rings. The molecule has 60 valence electrons. The summed E-state index contributed by atoms with van der Waals surface area (Å²) in [5.74, 6) is 0. The van der Waals surface area contributed by atoms with Crippen LogP contribution in [0.4, 0.5) is 0 Å². The fourth-order valence-electron chi connectivity index (χ4n) is 0.766. The van der Waals surface area contributed by atoms with Crippen LogP contribution in [0, 0.1) is 0 Å². The van der Waals surface area contributed by atoms with Gasteiger partial charge in [-0.3, -0.25) is 0 Å². The average molecular weight is 254 g/mol. The van der Waals surface area contributed by atoms with Gasteiger partial charge in [0.25, 0.3) is 0 Å². The summed E-state index contributed by atoms with van der Waals surface area (Å²) in [5.41, 5.74) is 0. The molecule has 0 fully saturated rings. The Hall–Kier alpha value is 0.430. The second kappa shape index (κ2) is 7.54. The molecule has 0 heterocycles. The van der Waals surface area contributed by atoms with Gasteiger partial charge in [0.15, 0.2) is 0 Å². The molecule has 0 radical (unpaired) electrons. The number of unbranched alkanes of at least 4 members (excludes halogenated alkanes) is 1. The minimum atomic E-state index is -0.119. The monoisotopic (exact) mass is 254 g/mol. The van der Waals surface area contributed by atoms with Crippen LogP contribution in [-0.2, 0) is 0 Å². The van der Waals surface area contributed by atoms with Crippen molar-refractivity contribution in [2.45, 2.75) is 38.7 Å². The quantitative estimate of drug-likeness (QED) is 0.748. The lowest BCUT2D eigenvalue weighted by Gasteiger charge is -2.04. The lowest BCUT2D eigenvalue weighted by Crippen LogP contribution is -2.03. The SMILES string of the molecule is CCCCC(O)CC=CI. The van der Waals surface area contributed by atoms with Crippen LogP contribution in [-0.4, -0.2) is 11.2 Å². The first-order valence-corrected chi connectivity index (χ1v) is 4.99. The van der Waals surface area contributed by atoms with Crippen LogP contribution in [0.2, 0.25) is 0 Å². The topological polar surface area (TPSA) is 20.2 Å². The molecule has 0 aromatic carbocycles. The van der Waals surface area contributed by atoms with Crippen molar-refractivity contribution in [1.29, 1.82) is 0 Å². The van der Waals surface area contributed by atoms with Gasteiger partial charge in [-0.05, 0) is 16.9 Å². The van der Waals surface area contributed by atoms with E-state index >= 15 is 0 Å². The molecule has 1 unspecified atom stereocenters. The molecule has 10 heavy (non-hydrogen) atoms. The first-order chi connectivity index (χ1) is 4.81. The maximum atomic E-state index is 9.26. The van der Waals surface area contributed by atoms with Crippen molar-refractivity contribution < 1.29 is 5.11 Å². The highest BCUT2D eigenvalue weighted by atomic mass is 127. The Morgan fingerprint density at radius 3 is 2.80 bits per heavy atom. The molecule has 0 aliphatic carbocycles. The van der Waals surface area contributed by atoms with Crippen molar-refractivity contribution in [3.8, 4) is 0 Å². The lowest BCUT2D eigenvalue weighted by atomic mass is 10.1. The van der Waals surface area contributed by atoms with E-state index in [4.69, 9.17) is 0 Å². The van der Waals surface area contributed by atoms with Gasteiger partial charge in [-0.2, -0.15) is 0 Å². The summed E-state index contributed by atoms with van der Waals surface area (Å²) >= 11 is 2.17.